The van der Waals surface area contributed by atoms with Crippen LogP contribution in [0.15, 0.2) is 64.4 Å². The predicted octanol–water partition coefficient (Wildman–Crippen LogP) is 3.62. The van der Waals surface area contributed by atoms with Crippen molar-refractivity contribution in [2.24, 2.45) is 0 Å². The van der Waals surface area contributed by atoms with E-state index < -0.39 is 15.4 Å². The Morgan fingerprint density at radius 2 is 1.70 bits per heavy atom. The second-order valence-electron chi connectivity index (χ2n) is 8.38. The maximum atomic E-state index is 12.7. The maximum Gasteiger partial charge on any atom is 0.307 e. The molecule has 1 fully saturated rings. The van der Waals surface area contributed by atoms with E-state index in [2.05, 4.69) is 4.90 Å². The molecule has 2 aromatic carbocycles. The molecule has 1 saturated heterocycles. The van der Waals surface area contributed by atoms with Crippen LogP contribution in [0.1, 0.15) is 38.9 Å². The van der Waals surface area contributed by atoms with Crippen LogP contribution < -0.4 is 0 Å². The minimum absolute atomic E-state index is 0.161. The average Bonchev–Trinajstić information content (AvgIpc) is 2.72. The molecule has 1 atom stereocenters. The van der Waals surface area contributed by atoms with Crippen molar-refractivity contribution >= 4 is 15.8 Å². The van der Waals surface area contributed by atoms with E-state index in [1.54, 1.807) is 54.6 Å². The first kappa shape index (κ1) is 22.5. The number of hydrogen-bond donors (Lipinski definition) is 0. The van der Waals surface area contributed by atoms with Crippen LogP contribution in [0.5, 0.6) is 0 Å². The van der Waals surface area contributed by atoms with Gasteiger partial charge in [-0.05, 0) is 50.6 Å². The highest BCUT2D eigenvalue weighted by molar-refractivity contribution is 7.91. The van der Waals surface area contributed by atoms with Crippen LogP contribution in [0.25, 0.3) is 0 Å². The highest BCUT2D eigenvalue weighted by atomic mass is 32.2. The molecule has 30 heavy (non-hydrogen) atoms. The molecule has 0 N–H and O–H groups in total. The van der Waals surface area contributed by atoms with Crippen molar-refractivity contribution < 1.29 is 22.7 Å². The maximum absolute atomic E-state index is 12.7. The largest absolute Gasteiger partial charge is 0.460 e. The summed E-state index contributed by atoms with van der Waals surface area (Å²) in [7, 11) is -3.53. The van der Waals surface area contributed by atoms with E-state index in [1.807, 2.05) is 20.8 Å². The number of morpholine rings is 1. The van der Waals surface area contributed by atoms with Crippen molar-refractivity contribution in [3.63, 3.8) is 0 Å². The summed E-state index contributed by atoms with van der Waals surface area (Å²) >= 11 is 0. The fourth-order valence-electron chi connectivity index (χ4n) is 3.35. The number of benzene rings is 2. The second kappa shape index (κ2) is 9.29. The van der Waals surface area contributed by atoms with Gasteiger partial charge in [-0.3, -0.25) is 9.69 Å². The van der Waals surface area contributed by atoms with E-state index in [4.69, 9.17) is 9.47 Å². The average molecular weight is 432 g/mol. The van der Waals surface area contributed by atoms with Gasteiger partial charge in [-0.2, -0.15) is 0 Å². The molecule has 0 aromatic heterocycles. The number of rotatable bonds is 6. The Balaban J connectivity index is 1.62. The third kappa shape index (κ3) is 5.90. The fourth-order valence-corrected chi connectivity index (χ4v) is 4.63. The van der Waals surface area contributed by atoms with Gasteiger partial charge in [0, 0.05) is 19.6 Å². The zero-order valence-corrected chi connectivity index (χ0v) is 18.5. The first-order valence-corrected chi connectivity index (χ1v) is 11.6. The molecule has 3 rings (SSSR count). The van der Waals surface area contributed by atoms with Gasteiger partial charge in [0.2, 0.25) is 9.84 Å². The molecule has 0 bridgehead atoms. The first-order chi connectivity index (χ1) is 14.1. The summed E-state index contributed by atoms with van der Waals surface area (Å²) in [5, 5.41) is 0. The molecule has 0 amide bonds. The molecule has 6 nitrogen and oxygen atoms in total. The van der Waals surface area contributed by atoms with Crippen molar-refractivity contribution in [1.82, 2.24) is 4.90 Å². The summed E-state index contributed by atoms with van der Waals surface area (Å²) < 4.78 is 36.7. The van der Waals surface area contributed by atoms with E-state index >= 15 is 0 Å². The summed E-state index contributed by atoms with van der Waals surface area (Å²) in [6.45, 7) is 8.14. The number of esters is 1. The number of sulfone groups is 1. The van der Waals surface area contributed by atoms with Crippen LogP contribution in [0.3, 0.4) is 0 Å². The van der Waals surface area contributed by atoms with Gasteiger partial charge >= 0.3 is 5.97 Å². The summed E-state index contributed by atoms with van der Waals surface area (Å²) in [5.41, 5.74) is 0.441. The lowest BCUT2D eigenvalue weighted by atomic mass is 10.1. The zero-order chi connectivity index (χ0) is 21.8. The molecule has 1 unspecified atom stereocenters. The standard InChI is InChI=1S/C23H29NO5S/c1-23(2,3)29-22(25)13-14-24-15-16-28-21(17-24)18-9-11-20(12-10-18)30(26,27)19-7-5-4-6-8-19/h4-12,21H,13-17H2,1-3H3. The van der Waals surface area contributed by atoms with Crippen LogP contribution in [-0.2, 0) is 24.1 Å². The van der Waals surface area contributed by atoms with Crippen molar-refractivity contribution in [2.45, 2.75) is 48.7 Å². The molecular weight excluding hydrogens is 402 g/mol. The molecule has 1 heterocycles. The Morgan fingerprint density at radius 3 is 2.33 bits per heavy atom. The Morgan fingerprint density at radius 1 is 1.07 bits per heavy atom. The van der Waals surface area contributed by atoms with Crippen molar-refractivity contribution in [3.8, 4) is 0 Å². The Hall–Kier alpha value is -2.22. The van der Waals surface area contributed by atoms with Gasteiger partial charge in [0.1, 0.15) is 5.60 Å². The monoisotopic (exact) mass is 431 g/mol. The minimum Gasteiger partial charge on any atom is -0.460 e. The van der Waals surface area contributed by atoms with Gasteiger partial charge < -0.3 is 9.47 Å². The predicted molar refractivity (Wildman–Crippen MR) is 114 cm³/mol. The molecular formula is C23H29NO5S. The quantitative estimate of drug-likeness (QED) is 0.651. The van der Waals surface area contributed by atoms with Gasteiger partial charge in [-0.25, -0.2) is 8.42 Å². The third-order valence-electron chi connectivity index (χ3n) is 4.82. The van der Waals surface area contributed by atoms with E-state index in [1.165, 1.54) is 0 Å². The van der Waals surface area contributed by atoms with Crippen LogP contribution in [0.4, 0.5) is 0 Å². The minimum atomic E-state index is -3.53. The first-order valence-electron chi connectivity index (χ1n) is 10.1. The lowest BCUT2D eigenvalue weighted by Gasteiger charge is -2.33. The van der Waals surface area contributed by atoms with Crippen molar-refractivity contribution in [3.05, 3.63) is 60.2 Å². The SMILES string of the molecule is CC(C)(C)OC(=O)CCN1CCOC(c2ccc(S(=O)(=O)c3ccccc3)cc2)C1. The molecule has 0 saturated carbocycles. The van der Waals surface area contributed by atoms with E-state index in [0.29, 0.717) is 26.1 Å². The van der Waals surface area contributed by atoms with Gasteiger partial charge in [0.15, 0.2) is 0 Å². The van der Waals surface area contributed by atoms with Gasteiger partial charge in [-0.15, -0.1) is 0 Å². The highest BCUT2D eigenvalue weighted by Gasteiger charge is 2.24. The third-order valence-corrected chi connectivity index (χ3v) is 6.60. The second-order valence-corrected chi connectivity index (χ2v) is 10.3. The Labute approximate surface area is 178 Å². The van der Waals surface area contributed by atoms with Crippen LogP contribution in [0.2, 0.25) is 0 Å². The molecule has 0 spiro atoms. The lowest BCUT2D eigenvalue weighted by Crippen LogP contribution is -2.40. The summed E-state index contributed by atoms with van der Waals surface area (Å²) in [4.78, 5) is 14.7. The number of nitrogens with zero attached hydrogens (tertiary/aromatic N) is 1. The molecule has 0 aliphatic carbocycles. The fraction of sp³-hybridized carbons (Fsp3) is 0.435. The van der Waals surface area contributed by atoms with E-state index in [9.17, 15) is 13.2 Å². The number of carbonyl (C=O) groups is 1. The summed E-state index contributed by atoms with van der Waals surface area (Å²) in [5.74, 6) is -0.207. The zero-order valence-electron chi connectivity index (χ0n) is 17.7. The van der Waals surface area contributed by atoms with Crippen LogP contribution in [0, 0.1) is 0 Å². The van der Waals surface area contributed by atoms with Gasteiger partial charge in [0.05, 0.1) is 28.9 Å². The normalized spacial score (nSPS) is 18.2. The topological polar surface area (TPSA) is 72.9 Å². The van der Waals surface area contributed by atoms with Crippen molar-refractivity contribution in [2.75, 3.05) is 26.2 Å². The Kier molecular flexibility index (Phi) is 6.95. The van der Waals surface area contributed by atoms with Crippen LogP contribution in [-0.4, -0.2) is 51.1 Å². The molecule has 162 valence electrons. The smallest absolute Gasteiger partial charge is 0.307 e. The van der Waals surface area contributed by atoms with E-state index in [-0.39, 0.29) is 21.9 Å². The molecule has 0 radical (unpaired) electrons. The molecule has 1 aliphatic rings. The summed E-state index contributed by atoms with van der Waals surface area (Å²) in [6.07, 6.45) is 0.170. The van der Waals surface area contributed by atoms with Gasteiger partial charge in [-0.1, -0.05) is 30.3 Å². The van der Waals surface area contributed by atoms with Gasteiger partial charge in [0.25, 0.3) is 0 Å². The van der Waals surface area contributed by atoms with Crippen LogP contribution >= 0.6 is 0 Å². The highest BCUT2D eigenvalue weighted by Crippen LogP contribution is 2.26. The number of hydrogen-bond acceptors (Lipinski definition) is 6. The lowest BCUT2D eigenvalue weighted by molar-refractivity contribution is -0.155. The Bertz CT molecular complexity index is 949. The summed E-state index contributed by atoms with van der Waals surface area (Å²) in [6, 6.07) is 15.3. The number of ether oxygens (including phenoxy) is 2. The molecule has 7 heteroatoms. The van der Waals surface area contributed by atoms with Crippen molar-refractivity contribution in [1.29, 1.82) is 0 Å². The number of carbonyl (C=O) groups excluding carboxylic acids is 1. The molecule has 2 aromatic rings. The van der Waals surface area contributed by atoms with E-state index in [0.717, 1.165) is 12.1 Å². The molecule has 1 aliphatic heterocycles.